The smallest absolute Gasteiger partial charge is 0.0349 e. The Labute approximate surface area is 128 Å². The van der Waals surface area contributed by atoms with E-state index in [2.05, 4.69) is 76.9 Å². The molecule has 2 unspecified atom stereocenters. The van der Waals surface area contributed by atoms with E-state index in [4.69, 9.17) is 0 Å². The number of benzene rings is 1. The first-order chi connectivity index (χ1) is 9.20. The zero-order valence-corrected chi connectivity index (χ0v) is 13.8. The third-order valence-corrected chi connectivity index (χ3v) is 5.02. The first-order valence-corrected chi connectivity index (χ1v) is 8.39. The lowest BCUT2D eigenvalue weighted by atomic mass is 9.91. The summed E-state index contributed by atoms with van der Waals surface area (Å²) in [7, 11) is 0. The Balaban J connectivity index is 2.10. The fourth-order valence-corrected chi connectivity index (χ4v) is 4.02. The van der Waals surface area contributed by atoms with Crippen molar-refractivity contribution in [3.05, 3.63) is 56.7 Å². The minimum atomic E-state index is 0.423. The van der Waals surface area contributed by atoms with E-state index < -0.39 is 0 Å². The van der Waals surface area contributed by atoms with Gasteiger partial charge in [-0.05, 0) is 46.4 Å². The molecule has 1 aromatic carbocycles. The van der Waals surface area contributed by atoms with Crippen LogP contribution in [-0.2, 0) is 6.42 Å². The summed E-state index contributed by atoms with van der Waals surface area (Å²) in [5, 5.41) is 5.78. The molecule has 102 valence electrons. The van der Waals surface area contributed by atoms with E-state index in [0.717, 1.165) is 13.0 Å². The van der Waals surface area contributed by atoms with E-state index in [1.54, 1.807) is 0 Å². The summed E-state index contributed by atoms with van der Waals surface area (Å²) >= 11 is 5.36. The molecule has 2 rings (SSSR count). The number of rotatable bonds is 6. The normalized spacial score (nSPS) is 14.3. The largest absolute Gasteiger partial charge is 0.310 e. The molecule has 0 aliphatic carbocycles. The summed E-state index contributed by atoms with van der Waals surface area (Å²) in [5.41, 5.74) is 1.38. The molecule has 1 aromatic heterocycles. The minimum absolute atomic E-state index is 0.423. The van der Waals surface area contributed by atoms with E-state index >= 15 is 0 Å². The number of nitrogens with one attached hydrogen (secondary N) is 1. The molecule has 0 aliphatic rings. The van der Waals surface area contributed by atoms with E-state index in [9.17, 15) is 0 Å². The molecule has 0 saturated carbocycles. The van der Waals surface area contributed by atoms with Crippen molar-refractivity contribution in [3.8, 4) is 0 Å². The summed E-state index contributed by atoms with van der Waals surface area (Å²) in [4.78, 5) is 1.44. The molecule has 0 amide bonds. The molecule has 2 atom stereocenters. The van der Waals surface area contributed by atoms with Gasteiger partial charge in [0.15, 0.2) is 0 Å². The fourth-order valence-electron chi connectivity index (χ4n) is 2.42. The van der Waals surface area contributed by atoms with Gasteiger partial charge in [0.25, 0.3) is 0 Å². The molecule has 0 spiro atoms. The van der Waals surface area contributed by atoms with E-state index in [-0.39, 0.29) is 0 Å². The van der Waals surface area contributed by atoms with Crippen LogP contribution in [0.5, 0.6) is 0 Å². The second-order valence-electron chi connectivity index (χ2n) is 4.86. The highest BCUT2D eigenvalue weighted by atomic mass is 79.9. The Hall–Kier alpha value is -0.640. The number of hydrogen-bond acceptors (Lipinski definition) is 2. The Morgan fingerprint density at radius 2 is 2.00 bits per heavy atom. The van der Waals surface area contributed by atoms with E-state index in [0.29, 0.717) is 12.0 Å². The Morgan fingerprint density at radius 1 is 1.26 bits per heavy atom. The van der Waals surface area contributed by atoms with Crippen LogP contribution in [0.15, 0.2) is 46.3 Å². The number of hydrogen-bond donors (Lipinski definition) is 1. The van der Waals surface area contributed by atoms with Crippen molar-refractivity contribution in [1.29, 1.82) is 0 Å². The van der Waals surface area contributed by atoms with Crippen LogP contribution < -0.4 is 5.32 Å². The summed E-state index contributed by atoms with van der Waals surface area (Å²) in [5.74, 6) is 0.577. The van der Waals surface area contributed by atoms with Crippen LogP contribution >= 0.6 is 27.3 Å². The van der Waals surface area contributed by atoms with Gasteiger partial charge in [-0.3, -0.25) is 0 Å². The number of thiophene rings is 1. The Morgan fingerprint density at radius 3 is 2.58 bits per heavy atom. The molecule has 1 heterocycles. The minimum Gasteiger partial charge on any atom is -0.310 e. The van der Waals surface area contributed by atoms with Crippen molar-refractivity contribution in [2.75, 3.05) is 6.54 Å². The van der Waals surface area contributed by atoms with Gasteiger partial charge >= 0.3 is 0 Å². The summed E-state index contributed by atoms with van der Waals surface area (Å²) in [6.07, 6.45) is 1.11. The van der Waals surface area contributed by atoms with Gasteiger partial charge in [0.1, 0.15) is 0 Å². The molecule has 3 heteroatoms. The average molecular weight is 338 g/mol. The van der Waals surface area contributed by atoms with Gasteiger partial charge in [-0.2, -0.15) is 0 Å². The molecule has 0 bridgehead atoms. The van der Waals surface area contributed by atoms with E-state index in [1.165, 1.54) is 14.9 Å². The van der Waals surface area contributed by atoms with Gasteiger partial charge in [-0.25, -0.2) is 0 Å². The predicted molar refractivity (Wildman–Crippen MR) is 87.7 cm³/mol. The molecule has 19 heavy (non-hydrogen) atoms. The van der Waals surface area contributed by atoms with Gasteiger partial charge < -0.3 is 5.32 Å². The molecular formula is C16H20BrNS. The van der Waals surface area contributed by atoms with Crippen molar-refractivity contribution < 1.29 is 0 Å². The summed E-state index contributed by atoms with van der Waals surface area (Å²) in [6.45, 7) is 5.50. The molecule has 2 aromatic rings. The van der Waals surface area contributed by atoms with E-state index in [1.807, 2.05) is 11.3 Å². The lowest BCUT2D eigenvalue weighted by Gasteiger charge is -2.25. The zero-order valence-electron chi connectivity index (χ0n) is 11.4. The van der Waals surface area contributed by atoms with Crippen LogP contribution in [0.4, 0.5) is 0 Å². The van der Waals surface area contributed by atoms with Gasteiger partial charge in [-0.15, -0.1) is 11.3 Å². The Kier molecular flexibility index (Phi) is 5.61. The second kappa shape index (κ2) is 7.22. The maximum atomic E-state index is 3.62. The maximum Gasteiger partial charge on any atom is 0.0349 e. The lowest BCUT2D eigenvalue weighted by Crippen LogP contribution is -2.27. The lowest BCUT2D eigenvalue weighted by molar-refractivity contribution is 0.393. The molecular weight excluding hydrogens is 318 g/mol. The summed E-state index contributed by atoms with van der Waals surface area (Å²) in [6, 6.07) is 13.4. The highest BCUT2D eigenvalue weighted by Gasteiger charge is 2.19. The maximum absolute atomic E-state index is 3.62. The number of halogens is 1. The molecule has 0 saturated heterocycles. The Bertz CT molecular complexity index is 494. The highest BCUT2D eigenvalue weighted by molar-refractivity contribution is 9.10. The van der Waals surface area contributed by atoms with Crippen LogP contribution in [0.25, 0.3) is 0 Å². The van der Waals surface area contributed by atoms with Crippen molar-refractivity contribution in [2.45, 2.75) is 26.3 Å². The van der Waals surface area contributed by atoms with Crippen LogP contribution in [-0.4, -0.2) is 6.54 Å². The monoisotopic (exact) mass is 337 g/mol. The zero-order chi connectivity index (χ0) is 13.7. The summed E-state index contributed by atoms with van der Waals surface area (Å²) < 4.78 is 1.19. The van der Waals surface area contributed by atoms with Crippen molar-refractivity contribution in [1.82, 2.24) is 5.32 Å². The average Bonchev–Trinajstić information content (AvgIpc) is 2.82. The molecule has 0 aliphatic heterocycles. The van der Waals surface area contributed by atoms with Crippen LogP contribution in [0, 0.1) is 5.92 Å². The topological polar surface area (TPSA) is 12.0 Å². The van der Waals surface area contributed by atoms with Crippen molar-refractivity contribution in [3.63, 3.8) is 0 Å². The van der Waals surface area contributed by atoms with Crippen molar-refractivity contribution in [2.24, 2.45) is 5.92 Å². The van der Waals surface area contributed by atoms with Crippen molar-refractivity contribution >= 4 is 27.3 Å². The molecule has 1 N–H and O–H groups in total. The predicted octanol–water partition coefficient (Wildman–Crippen LogP) is 5.04. The third kappa shape index (κ3) is 4.16. The quantitative estimate of drug-likeness (QED) is 0.778. The molecule has 0 radical (unpaired) electrons. The highest BCUT2D eigenvalue weighted by Crippen LogP contribution is 2.28. The SMILES string of the molecule is CCNC(c1ccccc1)C(C)Cc1cc(Br)cs1. The van der Waals surface area contributed by atoms with Crippen LogP contribution in [0.1, 0.15) is 30.3 Å². The molecule has 1 nitrogen and oxygen atoms in total. The first-order valence-electron chi connectivity index (χ1n) is 6.72. The van der Waals surface area contributed by atoms with Gasteiger partial charge in [0.2, 0.25) is 0 Å². The third-order valence-electron chi connectivity index (χ3n) is 3.30. The van der Waals surface area contributed by atoms with Gasteiger partial charge in [-0.1, -0.05) is 44.2 Å². The van der Waals surface area contributed by atoms with Gasteiger partial charge in [0.05, 0.1) is 0 Å². The van der Waals surface area contributed by atoms with Crippen LogP contribution in [0.3, 0.4) is 0 Å². The molecule has 0 fully saturated rings. The van der Waals surface area contributed by atoms with Crippen LogP contribution in [0.2, 0.25) is 0 Å². The van der Waals surface area contributed by atoms with Gasteiger partial charge in [0, 0.05) is 20.8 Å². The fraction of sp³-hybridized carbons (Fsp3) is 0.375. The standard InChI is InChI=1S/C16H20BrNS/c1-3-18-16(13-7-5-4-6-8-13)12(2)9-15-10-14(17)11-19-15/h4-8,10-12,16,18H,3,9H2,1-2H3. The second-order valence-corrected chi connectivity index (χ2v) is 6.77. The first kappa shape index (κ1) is 14.8.